The maximum absolute atomic E-state index is 13.4. The van der Waals surface area contributed by atoms with Gasteiger partial charge in [-0.3, -0.25) is 24.1 Å². The lowest BCUT2D eigenvalue weighted by atomic mass is 9.75. The van der Waals surface area contributed by atoms with Crippen LogP contribution in [0.2, 0.25) is 0 Å². The second-order valence-corrected chi connectivity index (χ2v) is 18.2. The molecule has 0 aliphatic carbocycles. The molecule has 6 aromatic rings. The van der Waals surface area contributed by atoms with Crippen molar-refractivity contribution in [3.63, 3.8) is 0 Å². The van der Waals surface area contributed by atoms with Crippen LogP contribution in [0.15, 0.2) is 122 Å². The van der Waals surface area contributed by atoms with Crippen LogP contribution >= 0.6 is 19.0 Å². The molecule has 296 valence electrons. The summed E-state index contributed by atoms with van der Waals surface area (Å²) in [6, 6.07) is 39.2. The molecule has 12 nitrogen and oxygen atoms in total. The van der Waals surface area contributed by atoms with Crippen LogP contribution in [-0.2, 0) is 30.8 Å². The molecule has 0 radical (unpaired) electrons. The number of nitrogens with zero attached hydrogens (tertiary/aromatic N) is 6. The predicted molar refractivity (Wildman–Crippen MR) is 225 cm³/mol. The Labute approximate surface area is 338 Å². The number of aryl methyl sites for hydroxylation is 1. The van der Waals surface area contributed by atoms with E-state index < -0.39 is 24.6 Å². The predicted octanol–water partition coefficient (Wildman–Crippen LogP) is 8.12. The Morgan fingerprint density at radius 3 is 2.04 bits per heavy atom. The lowest BCUT2D eigenvalue weighted by molar-refractivity contribution is -0.145. The van der Waals surface area contributed by atoms with Gasteiger partial charge in [0.2, 0.25) is 17.7 Å². The van der Waals surface area contributed by atoms with E-state index in [4.69, 9.17) is 24.0 Å². The van der Waals surface area contributed by atoms with E-state index >= 15 is 0 Å². The number of nitrogens with one attached hydrogen (secondary N) is 1. The third-order valence-electron chi connectivity index (χ3n) is 10.1. The molecule has 1 saturated heterocycles. The summed E-state index contributed by atoms with van der Waals surface area (Å²) in [5.74, 6) is -0.240. The molecule has 3 heterocycles. The zero-order valence-electron chi connectivity index (χ0n) is 32.7. The summed E-state index contributed by atoms with van der Waals surface area (Å²) >= 11 is 4.39. The van der Waals surface area contributed by atoms with Gasteiger partial charge in [-0.1, -0.05) is 147 Å². The number of amides is 1. The van der Waals surface area contributed by atoms with Gasteiger partial charge in [-0.05, 0) is 43.3 Å². The molecular formula is C43H48N7O5PS. The maximum atomic E-state index is 13.4. The highest BCUT2D eigenvalue weighted by Gasteiger charge is 2.47. The molecule has 0 saturated carbocycles. The van der Waals surface area contributed by atoms with Gasteiger partial charge in [0.1, 0.15) is 12.8 Å². The van der Waals surface area contributed by atoms with Gasteiger partial charge in [0.05, 0.1) is 24.6 Å². The highest BCUT2D eigenvalue weighted by molar-refractivity contribution is 8.45. The normalized spacial score (nSPS) is 17.5. The zero-order valence-corrected chi connectivity index (χ0v) is 34.5. The second kappa shape index (κ2) is 17.3. The minimum Gasteiger partial charge on any atom is -0.471 e. The molecule has 1 amide bonds. The molecular weight excluding hydrogens is 758 g/mol. The molecule has 4 aromatic carbocycles. The average Bonchev–Trinajstić information content (AvgIpc) is 3.65. The number of ether oxygens (including phenoxy) is 2. The Balaban J connectivity index is 1.37. The van der Waals surface area contributed by atoms with Crippen LogP contribution in [0.1, 0.15) is 47.9 Å². The van der Waals surface area contributed by atoms with Gasteiger partial charge >= 0.3 is 6.72 Å². The summed E-state index contributed by atoms with van der Waals surface area (Å²) in [4.78, 5) is 29.6. The Bertz CT molecular complexity index is 2230. The topological polar surface area (TPSA) is 124 Å². The van der Waals surface area contributed by atoms with Gasteiger partial charge in [0.15, 0.2) is 11.2 Å². The molecule has 1 aliphatic rings. The van der Waals surface area contributed by atoms with Crippen LogP contribution in [-0.4, -0.2) is 74.9 Å². The summed E-state index contributed by atoms with van der Waals surface area (Å²) < 4.78 is 35.9. The van der Waals surface area contributed by atoms with Gasteiger partial charge in [-0.2, -0.15) is 9.97 Å². The van der Waals surface area contributed by atoms with E-state index in [1.165, 1.54) is 4.67 Å². The number of imidazole rings is 1. The highest BCUT2D eigenvalue weighted by atomic mass is 32.7. The largest absolute Gasteiger partial charge is 0.471 e. The van der Waals surface area contributed by atoms with Crippen molar-refractivity contribution >= 4 is 42.0 Å². The number of carbonyl (C=O) groups excluding carboxylic acids is 1. The molecule has 0 spiro atoms. The lowest BCUT2D eigenvalue weighted by Crippen LogP contribution is -2.57. The van der Waals surface area contributed by atoms with Crippen molar-refractivity contribution in [3.8, 4) is 5.88 Å². The third kappa shape index (κ3) is 8.69. The molecule has 1 N–H and O–H groups in total. The Kier molecular flexibility index (Phi) is 12.2. The van der Waals surface area contributed by atoms with E-state index in [1.807, 2.05) is 90.4 Å². The molecule has 1 aliphatic heterocycles. The molecule has 0 bridgehead atoms. The first-order chi connectivity index (χ1) is 27.5. The van der Waals surface area contributed by atoms with Crippen molar-refractivity contribution in [1.29, 1.82) is 0 Å². The number of fused-ring (bicyclic) bond motifs is 1. The highest BCUT2D eigenvalue weighted by Crippen LogP contribution is 2.54. The molecule has 0 unspecified atom stereocenters. The first-order valence-corrected chi connectivity index (χ1v) is 21.6. The number of morpholine rings is 1. The van der Waals surface area contributed by atoms with Crippen LogP contribution < -0.4 is 10.1 Å². The van der Waals surface area contributed by atoms with E-state index in [-0.39, 0.29) is 36.9 Å². The number of carbonyl (C=O) groups is 1. The van der Waals surface area contributed by atoms with Gasteiger partial charge in [-0.25, -0.2) is 9.65 Å². The Hall–Kier alpha value is -4.88. The smallest absolute Gasteiger partial charge is 0.325 e. The van der Waals surface area contributed by atoms with Crippen molar-refractivity contribution in [2.45, 2.75) is 45.2 Å². The molecule has 14 heteroatoms. The van der Waals surface area contributed by atoms with Crippen LogP contribution in [0.4, 0.5) is 5.95 Å². The standard InChI is InChI=1S/C43H48N7O5PS/c1-30(2)40(51)46-42-45-39-38(41(47-42)53-27-32-23-21-31(3)22-24-32)44-29-50(39)37-26-49(25-36(55-37)28-54-56(52,57)48(4)5)43(33-15-9-6-10-16-33,34-17-11-7-12-18-34)35-19-13-8-14-20-35/h6-24,29-30,36-37H,25-28H2,1-5H3,(H,52,57)(H,45,46,47,51)/t36-,37+,56+/m0/s1. The lowest BCUT2D eigenvalue weighted by Gasteiger charge is -2.50. The minimum absolute atomic E-state index is 0.0113. The molecule has 2 aromatic heterocycles. The fourth-order valence-corrected chi connectivity index (χ4v) is 7.86. The minimum atomic E-state index is -3.42. The van der Waals surface area contributed by atoms with Crippen molar-refractivity contribution in [3.05, 3.63) is 149 Å². The van der Waals surface area contributed by atoms with Gasteiger partial charge in [-0.15, -0.1) is 0 Å². The van der Waals surface area contributed by atoms with Crippen LogP contribution in [0, 0.1) is 12.8 Å². The quantitative estimate of drug-likeness (QED) is 0.0634. The first kappa shape index (κ1) is 40.3. The first-order valence-electron chi connectivity index (χ1n) is 18.9. The van der Waals surface area contributed by atoms with E-state index in [0.717, 1.165) is 27.8 Å². The average molecular weight is 806 g/mol. The fourth-order valence-electron chi connectivity index (χ4n) is 7.07. The second-order valence-electron chi connectivity index (χ2n) is 14.7. The van der Waals surface area contributed by atoms with E-state index in [1.54, 1.807) is 34.3 Å². The van der Waals surface area contributed by atoms with E-state index in [9.17, 15) is 9.36 Å². The number of hydrogen-bond donors (Lipinski definition) is 2. The number of hydrogen-bond acceptors (Lipinski definition) is 9. The van der Waals surface area contributed by atoms with Crippen LogP contribution in [0.25, 0.3) is 11.2 Å². The van der Waals surface area contributed by atoms with Crippen LogP contribution in [0.5, 0.6) is 5.88 Å². The number of benzene rings is 4. The van der Waals surface area contributed by atoms with Gasteiger partial charge in [0, 0.05) is 19.0 Å². The van der Waals surface area contributed by atoms with Crippen molar-refractivity contribution in [2.75, 3.05) is 39.1 Å². The fraction of sp³-hybridized carbons (Fsp3) is 0.302. The van der Waals surface area contributed by atoms with Crippen LogP contribution in [0.3, 0.4) is 0 Å². The summed E-state index contributed by atoms with van der Waals surface area (Å²) in [5.41, 5.74) is 5.27. The summed E-state index contributed by atoms with van der Waals surface area (Å²) in [6.45, 7) is 3.20. The molecule has 3 atom stereocenters. The number of thiol groups is 1. The van der Waals surface area contributed by atoms with Crippen molar-refractivity contribution < 1.29 is 23.4 Å². The Morgan fingerprint density at radius 2 is 1.49 bits per heavy atom. The number of aromatic nitrogens is 4. The monoisotopic (exact) mass is 805 g/mol. The Morgan fingerprint density at radius 1 is 0.912 bits per heavy atom. The summed E-state index contributed by atoms with van der Waals surface area (Å²) in [7, 11) is 3.34. The summed E-state index contributed by atoms with van der Waals surface area (Å²) in [5, 5.41) is 2.86. The molecule has 57 heavy (non-hydrogen) atoms. The van der Waals surface area contributed by atoms with Crippen molar-refractivity contribution in [1.82, 2.24) is 29.1 Å². The zero-order chi connectivity index (χ0) is 40.2. The van der Waals surface area contributed by atoms with Crippen molar-refractivity contribution in [2.24, 2.45) is 5.92 Å². The van der Waals surface area contributed by atoms with Gasteiger partial charge < -0.3 is 14.0 Å². The molecule has 1 fully saturated rings. The number of anilines is 1. The van der Waals surface area contributed by atoms with E-state index in [2.05, 4.69) is 63.8 Å². The molecule has 7 rings (SSSR count). The SMILES string of the molecule is Cc1ccc(COc2nc(NC(=O)C(C)C)nc3c2ncn3[C@H]2CN(C(c3ccccc3)(c3ccccc3)c3ccccc3)C[C@@H](CO[P@@](=O)(S)N(C)C)O2)cc1. The third-order valence-corrected chi connectivity index (χ3v) is 13.0. The van der Waals surface area contributed by atoms with E-state index in [0.29, 0.717) is 24.3 Å². The van der Waals surface area contributed by atoms with Gasteiger partial charge in [0.25, 0.3) is 0 Å². The number of rotatable bonds is 14. The maximum Gasteiger partial charge on any atom is 0.325 e. The summed E-state index contributed by atoms with van der Waals surface area (Å²) in [6.07, 6.45) is 0.382.